The summed E-state index contributed by atoms with van der Waals surface area (Å²) in [5.41, 5.74) is 7.62. The fourth-order valence-corrected chi connectivity index (χ4v) is 6.49. The van der Waals surface area contributed by atoms with Crippen molar-refractivity contribution in [2.45, 2.75) is 74.6 Å². The van der Waals surface area contributed by atoms with Gasteiger partial charge in [0.25, 0.3) is 0 Å². The van der Waals surface area contributed by atoms with E-state index >= 15 is 0 Å². The molecule has 0 radical (unpaired) electrons. The lowest BCUT2D eigenvalue weighted by molar-refractivity contribution is -0.118. The highest BCUT2D eigenvalue weighted by Crippen LogP contribution is 2.48. The molecule has 2 aliphatic rings. The number of hydrogen-bond donors (Lipinski definition) is 3. The van der Waals surface area contributed by atoms with Crippen LogP contribution in [-0.4, -0.2) is 46.9 Å². The van der Waals surface area contributed by atoms with Gasteiger partial charge in [-0.2, -0.15) is 0 Å². The second-order valence-electron chi connectivity index (χ2n) is 9.57. The number of unbranched alkanes of at least 4 members (excludes halogenated alkanes) is 2. The molecule has 0 spiro atoms. The summed E-state index contributed by atoms with van der Waals surface area (Å²) in [7, 11) is 0. The van der Waals surface area contributed by atoms with Crippen molar-refractivity contribution in [3.63, 3.8) is 0 Å². The van der Waals surface area contributed by atoms with Gasteiger partial charge in [0.15, 0.2) is 0 Å². The number of para-hydroxylation sites is 1. The summed E-state index contributed by atoms with van der Waals surface area (Å²) in [5.74, 6) is -0.0537. The van der Waals surface area contributed by atoms with Crippen molar-refractivity contribution in [3.8, 4) is 5.75 Å². The van der Waals surface area contributed by atoms with E-state index in [1.54, 1.807) is 12.1 Å². The van der Waals surface area contributed by atoms with Crippen molar-refractivity contribution in [1.82, 2.24) is 4.90 Å². The Kier molecular flexibility index (Phi) is 7.84. The molecular weight excluding hydrogens is 444 g/mol. The number of likely N-dealkylation sites (tertiary alicyclic amines) is 1. The fraction of sp³-hybridized carbons (Fsp3) is 0.481. The molecule has 2 heterocycles. The van der Waals surface area contributed by atoms with E-state index in [-0.39, 0.29) is 17.5 Å². The van der Waals surface area contributed by atoms with E-state index in [1.807, 2.05) is 29.2 Å². The predicted molar refractivity (Wildman–Crippen MR) is 140 cm³/mol. The molecule has 0 bridgehead atoms. The van der Waals surface area contributed by atoms with Crippen molar-refractivity contribution in [1.29, 1.82) is 5.41 Å². The summed E-state index contributed by atoms with van der Waals surface area (Å²) in [4.78, 5) is 19.2. The molecule has 1 amide bonds. The van der Waals surface area contributed by atoms with Gasteiger partial charge in [0, 0.05) is 34.7 Å². The number of amides is 1. The summed E-state index contributed by atoms with van der Waals surface area (Å²) < 4.78 is 0. The van der Waals surface area contributed by atoms with Gasteiger partial charge >= 0.3 is 0 Å². The minimum Gasteiger partial charge on any atom is -0.508 e. The molecule has 34 heavy (non-hydrogen) atoms. The van der Waals surface area contributed by atoms with Crippen LogP contribution >= 0.6 is 11.8 Å². The Balaban J connectivity index is 1.45. The summed E-state index contributed by atoms with van der Waals surface area (Å²) in [5, 5.41) is 17.7. The smallest absolute Gasteiger partial charge is 0.245 e. The van der Waals surface area contributed by atoms with Crippen LogP contribution < -0.4 is 10.6 Å². The Morgan fingerprint density at radius 3 is 2.53 bits per heavy atom. The molecule has 3 atom stereocenters. The number of amidine groups is 1. The van der Waals surface area contributed by atoms with Crippen molar-refractivity contribution in [2.24, 2.45) is 5.73 Å². The van der Waals surface area contributed by atoms with E-state index < -0.39 is 5.25 Å². The number of nitrogen functional groups attached to an aromatic ring is 1. The van der Waals surface area contributed by atoms with Gasteiger partial charge < -0.3 is 15.7 Å². The van der Waals surface area contributed by atoms with Gasteiger partial charge in [0.1, 0.15) is 16.8 Å². The van der Waals surface area contributed by atoms with Crippen LogP contribution in [0.5, 0.6) is 5.75 Å². The lowest BCUT2D eigenvalue weighted by Gasteiger charge is -2.39. The van der Waals surface area contributed by atoms with E-state index in [0.717, 1.165) is 36.4 Å². The third-order valence-corrected chi connectivity index (χ3v) is 8.48. The monoisotopic (exact) mass is 480 g/mol. The Bertz CT molecular complexity index is 1030. The zero-order valence-electron chi connectivity index (χ0n) is 20.2. The van der Waals surface area contributed by atoms with Gasteiger partial charge in [-0.1, -0.05) is 25.0 Å². The van der Waals surface area contributed by atoms with Crippen LogP contribution in [0, 0.1) is 5.41 Å². The van der Waals surface area contributed by atoms with Crippen LogP contribution in [0.3, 0.4) is 0 Å². The number of fused-ring (bicyclic) bond motifs is 1. The van der Waals surface area contributed by atoms with Gasteiger partial charge in [0.2, 0.25) is 5.91 Å². The number of phenolic OH excluding ortho intramolecular Hbond substituents is 1. The summed E-state index contributed by atoms with van der Waals surface area (Å²) in [6.07, 6.45) is 7.07. The number of nitrogens with two attached hydrogens (primary N) is 1. The van der Waals surface area contributed by atoms with Gasteiger partial charge in [-0.15, -0.1) is 11.8 Å². The molecule has 0 aliphatic carbocycles. The van der Waals surface area contributed by atoms with E-state index in [1.165, 1.54) is 37.1 Å². The van der Waals surface area contributed by atoms with Crippen LogP contribution in [0.2, 0.25) is 0 Å². The largest absolute Gasteiger partial charge is 0.508 e. The highest BCUT2D eigenvalue weighted by molar-refractivity contribution is 8.00. The lowest BCUT2D eigenvalue weighted by Crippen LogP contribution is -2.44. The molecule has 4 N–H and O–H groups in total. The number of carbonyl (C=O) groups excluding carboxylic acids is 1. The highest BCUT2D eigenvalue weighted by Gasteiger charge is 2.36. The number of rotatable bonds is 8. The topological polar surface area (TPSA) is 93.7 Å². The molecule has 2 aromatic carbocycles. The molecular formula is C27H36N4O2S. The van der Waals surface area contributed by atoms with Crippen molar-refractivity contribution >= 4 is 29.2 Å². The minimum atomic E-state index is -0.566. The number of nitrogens with zero attached hydrogens (tertiary/aromatic N) is 2. The molecule has 0 saturated carbocycles. The average Bonchev–Trinajstić information content (AvgIpc) is 2.81. The minimum absolute atomic E-state index is 0.0297. The number of aromatic hydroxyl groups is 1. The van der Waals surface area contributed by atoms with Crippen LogP contribution in [0.1, 0.15) is 68.7 Å². The number of nitrogens with one attached hydrogen (secondary N) is 1. The van der Waals surface area contributed by atoms with Crippen LogP contribution in [0.4, 0.5) is 5.69 Å². The first-order valence-electron chi connectivity index (χ1n) is 12.4. The first kappa shape index (κ1) is 24.6. The first-order valence-corrected chi connectivity index (χ1v) is 13.2. The van der Waals surface area contributed by atoms with E-state index in [4.69, 9.17) is 11.1 Å². The lowest BCUT2D eigenvalue weighted by atomic mass is 9.97. The number of carbonyl (C=O) groups is 1. The van der Waals surface area contributed by atoms with Gasteiger partial charge in [-0.3, -0.25) is 15.1 Å². The Hall–Kier alpha value is -2.51. The summed E-state index contributed by atoms with van der Waals surface area (Å²) in [6.45, 7) is 6.46. The number of anilines is 1. The molecule has 0 aromatic heterocycles. The Morgan fingerprint density at radius 2 is 1.79 bits per heavy atom. The summed E-state index contributed by atoms with van der Waals surface area (Å²) >= 11 is 1.45. The zero-order valence-corrected chi connectivity index (χ0v) is 21.0. The number of thioether (sulfide) groups is 1. The second-order valence-corrected chi connectivity index (χ2v) is 10.7. The van der Waals surface area contributed by atoms with E-state index in [0.29, 0.717) is 29.8 Å². The first-order chi connectivity index (χ1) is 16.4. The Labute approximate surface area is 207 Å². The normalized spacial score (nSPS) is 23.1. The number of piperidine rings is 1. The zero-order chi connectivity index (χ0) is 24.2. The van der Waals surface area contributed by atoms with Crippen molar-refractivity contribution in [2.75, 3.05) is 18.0 Å². The summed E-state index contributed by atoms with van der Waals surface area (Å²) in [6, 6.07) is 14.1. The van der Waals surface area contributed by atoms with Crippen LogP contribution in [0.25, 0.3) is 0 Å². The van der Waals surface area contributed by atoms with Crippen LogP contribution in [0.15, 0.2) is 47.4 Å². The number of phenols is 1. The van der Waals surface area contributed by atoms with Crippen molar-refractivity contribution < 1.29 is 9.90 Å². The average molecular weight is 481 g/mol. The maximum Gasteiger partial charge on any atom is 0.245 e. The molecule has 2 aliphatic heterocycles. The molecule has 1 fully saturated rings. The van der Waals surface area contributed by atoms with Crippen LogP contribution in [-0.2, 0) is 4.79 Å². The van der Waals surface area contributed by atoms with Gasteiger partial charge in [-0.25, -0.2) is 0 Å². The highest BCUT2D eigenvalue weighted by atomic mass is 32.2. The quantitative estimate of drug-likeness (QED) is 0.271. The SMILES string of the molecule is C[C@@H]1CCC[C@H](C)N1CCCCCN1C(=O)C(c2cc(C(=N)N)ccc2O)Sc2ccccc21. The molecule has 2 aromatic rings. The maximum absolute atomic E-state index is 13.6. The van der Waals surface area contributed by atoms with E-state index in [9.17, 15) is 9.90 Å². The van der Waals surface area contributed by atoms with Crippen molar-refractivity contribution in [3.05, 3.63) is 53.6 Å². The second kappa shape index (κ2) is 10.8. The Morgan fingerprint density at radius 1 is 1.09 bits per heavy atom. The van der Waals surface area contributed by atoms with Gasteiger partial charge in [0.05, 0.1) is 5.69 Å². The van der Waals surface area contributed by atoms with Gasteiger partial charge in [-0.05, 0) is 76.4 Å². The third kappa shape index (κ3) is 5.26. The molecule has 182 valence electrons. The fourth-order valence-electron chi connectivity index (χ4n) is 5.23. The molecule has 1 unspecified atom stereocenters. The molecule has 4 rings (SSSR count). The third-order valence-electron chi connectivity index (χ3n) is 7.19. The predicted octanol–water partition coefficient (Wildman–Crippen LogP) is 5.29. The molecule has 7 heteroatoms. The number of benzene rings is 2. The number of hydrogen-bond acceptors (Lipinski definition) is 5. The molecule has 1 saturated heterocycles. The maximum atomic E-state index is 13.6. The van der Waals surface area contributed by atoms with E-state index in [2.05, 4.69) is 18.7 Å². The molecule has 6 nitrogen and oxygen atoms in total. The standard InChI is InChI=1S/C27H36N4O2S/c1-18-9-8-10-19(2)30(18)15-6-3-7-16-31-22-11-4-5-12-24(22)34-25(27(31)33)21-17-20(26(28)29)13-14-23(21)32/h4-5,11-14,17-19,25,32H,3,6-10,15-16H2,1-2H3,(H3,28,29)/t18-,19+,25?.